The number of pyridine rings is 1. The first-order chi connectivity index (χ1) is 13.7. The van der Waals surface area contributed by atoms with Crippen LogP contribution in [0.4, 0.5) is 5.82 Å². The Hall–Kier alpha value is -2.03. The lowest BCUT2D eigenvalue weighted by molar-refractivity contribution is 0.471. The summed E-state index contributed by atoms with van der Waals surface area (Å²) in [6.07, 6.45) is 5.82. The Morgan fingerprint density at radius 3 is 3.14 bits per heavy atom. The molecule has 4 heterocycles. The number of nitrogens with zero attached hydrogens (tertiary/aromatic N) is 3. The summed E-state index contributed by atoms with van der Waals surface area (Å²) in [6, 6.07) is 8.09. The molecule has 0 spiro atoms. The number of nitrogens with two attached hydrogens (primary N) is 1. The number of aromatic nitrogens is 3. The van der Waals surface area contributed by atoms with E-state index in [9.17, 15) is 0 Å². The minimum atomic E-state index is 0.473. The van der Waals surface area contributed by atoms with Gasteiger partial charge in [0.1, 0.15) is 11.1 Å². The molecular formula is C20H20BrN5OS. The fraction of sp³-hybridized carbons (Fsp3) is 0.300. The van der Waals surface area contributed by atoms with Gasteiger partial charge in [0.25, 0.3) is 0 Å². The molecule has 1 aromatic carbocycles. The Bertz CT molecular complexity index is 1150. The van der Waals surface area contributed by atoms with Gasteiger partial charge in [-0.1, -0.05) is 11.8 Å². The zero-order valence-corrected chi connectivity index (χ0v) is 17.6. The number of nitrogens with one attached hydrogen (secondary N) is 1. The number of anilines is 1. The van der Waals surface area contributed by atoms with Gasteiger partial charge in [-0.3, -0.25) is 0 Å². The molecule has 0 radical (unpaired) electrons. The van der Waals surface area contributed by atoms with Crippen LogP contribution < -0.4 is 11.1 Å². The van der Waals surface area contributed by atoms with Crippen LogP contribution in [0.3, 0.4) is 0 Å². The van der Waals surface area contributed by atoms with Crippen molar-refractivity contribution in [2.45, 2.75) is 29.4 Å². The summed E-state index contributed by atoms with van der Waals surface area (Å²) in [5.41, 5.74) is 8.78. The molecule has 1 aliphatic rings. The molecule has 0 saturated carbocycles. The Labute approximate surface area is 175 Å². The summed E-state index contributed by atoms with van der Waals surface area (Å²) in [7, 11) is 0. The van der Waals surface area contributed by atoms with Crippen molar-refractivity contribution < 1.29 is 4.42 Å². The smallest absolute Gasteiger partial charge is 0.174 e. The van der Waals surface area contributed by atoms with Crippen LogP contribution in [0.5, 0.6) is 0 Å². The minimum absolute atomic E-state index is 0.473. The Morgan fingerprint density at radius 2 is 2.29 bits per heavy atom. The molecule has 0 amide bonds. The quantitative estimate of drug-likeness (QED) is 0.452. The van der Waals surface area contributed by atoms with E-state index < -0.39 is 0 Å². The molecule has 1 fully saturated rings. The third-order valence-electron chi connectivity index (χ3n) is 5.29. The molecule has 1 saturated heterocycles. The number of aryl methyl sites for hydroxylation is 1. The normalized spacial score (nSPS) is 17.1. The van der Waals surface area contributed by atoms with Crippen LogP contribution in [0.2, 0.25) is 0 Å². The Morgan fingerprint density at radius 1 is 1.36 bits per heavy atom. The molecule has 4 aromatic rings. The summed E-state index contributed by atoms with van der Waals surface area (Å²) in [6.45, 7) is 3.12. The molecule has 1 unspecified atom stereocenters. The van der Waals surface area contributed by atoms with E-state index in [-0.39, 0.29) is 0 Å². The molecule has 1 aliphatic heterocycles. The molecular weight excluding hydrogens is 438 g/mol. The molecule has 3 N–H and O–H groups in total. The van der Waals surface area contributed by atoms with Crippen molar-refractivity contribution in [1.29, 1.82) is 0 Å². The number of nitrogen functional groups attached to an aromatic ring is 1. The average molecular weight is 458 g/mol. The first-order valence-electron chi connectivity index (χ1n) is 9.35. The van der Waals surface area contributed by atoms with Crippen LogP contribution in [-0.4, -0.2) is 27.6 Å². The topological polar surface area (TPSA) is 81.9 Å². The molecule has 3 aromatic heterocycles. The number of imidazole rings is 1. The standard InChI is InChI=1S/C20H20BrN5OS/c21-14-9-13-4-8-27-16(13)10-17(14)28-20-25-18-15(2-6-24-19(18)22)26(20)7-3-12-1-5-23-11-12/h2,4,6,8-10,12,23H,1,3,5,7,11H2,(H2,22,24). The van der Waals surface area contributed by atoms with Crippen molar-refractivity contribution in [2.75, 3.05) is 18.8 Å². The second kappa shape index (κ2) is 7.42. The first kappa shape index (κ1) is 18.0. The maximum absolute atomic E-state index is 6.11. The largest absolute Gasteiger partial charge is 0.464 e. The van der Waals surface area contributed by atoms with Gasteiger partial charge in [0.2, 0.25) is 0 Å². The minimum Gasteiger partial charge on any atom is -0.464 e. The van der Waals surface area contributed by atoms with Gasteiger partial charge in [0.05, 0.1) is 11.8 Å². The summed E-state index contributed by atoms with van der Waals surface area (Å²) in [5, 5.41) is 5.45. The van der Waals surface area contributed by atoms with Crippen LogP contribution >= 0.6 is 27.7 Å². The van der Waals surface area contributed by atoms with Crippen LogP contribution in [-0.2, 0) is 6.54 Å². The molecule has 5 rings (SSSR count). The monoisotopic (exact) mass is 457 g/mol. The maximum atomic E-state index is 6.11. The van der Waals surface area contributed by atoms with Gasteiger partial charge in [-0.2, -0.15) is 0 Å². The van der Waals surface area contributed by atoms with Gasteiger partial charge in [-0.05, 0) is 72.0 Å². The highest BCUT2D eigenvalue weighted by Gasteiger charge is 2.19. The van der Waals surface area contributed by atoms with Gasteiger partial charge >= 0.3 is 0 Å². The molecule has 1 atom stereocenters. The summed E-state index contributed by atoms with van der Waals surface area (Å²) in [4.78, 5) is 10.1. The first-order valence-corrected chi connectivity index (χ1v) is 11.0. The second-order valence-corrected chi connectivity index (χ2v) is 8.96. The van der Waals surface area contributed by atoms with Crippen molar-refractivity contribution in [1.82, 2.24) is 19.9 Å². The van der Waals surface area contributed by atoms with Crippen molar-refractivity contribution in [3.63, 3.8) is 0 Å². The lowest BCUT2D eigenvalue weighted by Crippen LogP contribution is -2.11. The fourth-order valence-corrected chi connectivity index (χ4v) is 5.32. The highest BCUT2D eigenvalue weighted by Crippen LogP contribution is 2.38. The highest BCUT2D eigenvalue weighted by molar-refractivity contribution is 9.10. The van der Waals surface area contributed by atoms with Crippen molar-refractivity contribution >= 4 is 55.5 Å². The van der Waals surface area contributed by atoms with E-state index in [2.05, 4.69) is 42.9 Å². The van der Waals surface area contributed by atoms with Gasteiger partial charge in [-0.25, -0.2) is 9.97 Å². The van der Waals surface area contributed by atoms with E-state index in [4.69, 9.17) is 15.1 Å². The average Bonchev–Trinajstić information content (AvgIpc) is 3.41. The molecule has 144 valence electrons. The fourth-order valence-electron chi connectivity index (χ4n) is 3.76. The third kappa shape index (κ3) is 3.29. The number of hydrogen-bond acceptors (Lipinski definition) is 6. The van der Waals surface area contributed by atoms with Crippen molar-refractivity contribution in [3.05, 3.63) is 41.2 Å². The van der Waals surface area contributed by atoms with E-state index in [1.54, 1.807) is 24.2 Å². The van der Waals surface area contributed by atoms with E-state index >= 15 is 0 Å². The molecule has 6 nitrogen and oxygen atoms in total. The van der Waals surface area contributed by atoms with Gasteiger partial charge in [-0.15, -0.1) is 0 Å². The zero-order chi connectivity index (χ0) is 19.1. The number of benzene rings is 1. The van der Waals surface area contributed by atoms with Crippen LogP contribution in [0.1, 0.15) is 12.8 Å². The van der Waals surface area contributed by atoms with Gasteiger partial charge in [0.15, 0.2) is 11.0 Å². The lowest BCUT2D eigenvalue weighted by Gasteiger charge is -2.12. The molecule has 0 aliphatic carbocycles. The van der Waals surface area contributed by atoms with E-state index in [1.165, 1.54) is 6.42 Å². The number of rotatable bonds is 5. The summed E-state index contributed by atoms with van der Waals surface area (Å²) in [5.74, 6) is 1.18. The number of furan rings is 1. The Kier molecular flexibility index (Phi) is 4.78. The Balaban J connectivity index is 1.53. The molecule has 0 bridgehead atoms. The van der Waals surface area contributed by atoms with E-state index in [0.29, 0.717) is 11.7 Å². The van der Waals surface area contributed by atoms with Crippen molar-refractivity contribution in [2.24, 2.45) is 5.92 Å². The van der Waals surface area contributed by atoms with Gasteiger partial charge in [0, 0.05) is 27.5 Å². The van der Waals surface area contributed by atoms with E-state index in [0.717, 1.165) is 62.6 Å². The third-order valence-corrected chi connectivity index (χ3v) is 7.26. The number of halogens is 1. The molecule has 28 heavy (non-hydrogen) atoms. The second-order valence-electron chi connectivity index (χ2n) is 7.10. The van der Waals surface area contributed by atoms with Crippen LogP contribution in [0, 0.1) is 5.92 Å². The van der Waals surface area contributed by atoms with Crippen LogP contribution in [0.15, 0.2) is 55.7 Å². The molecule has 8 heteroatoms. The predicted molar refractivity (Wildman–Crippen MR) is 116 cm³/mol. The maximum Gasteiger partial charge on any atom is 0.174 e. The number of hydrogen-bond donors (Lipinski definition) is 2. The SMILES string of the molecule is Nc1nccc2c1nc(Sc1cc3occc3cc1Br)n2CCC1CCNC1. The highest BCUT2D eigenvalue weighted by atomic mass is 79.9. The lowest BCUT2D eigenvalue weighted by atomic mass is 10.1. The predicted octanol–water partition coefficient (Wildman–Crippen LogP) is 4.67. The number of fused-ring (bicyclic) bond motifs is 2. The zero-order valence-electron chi connectivity index (χ0n) is 15.2. The van der Waals surface area contributed by atoms with Crippen LogP contribution in [0.25, 0.3) is 22.0 Å². The summed E-state index contributed by atoms with van der Waals surface area (Å²) >= 11 is 5.31. The summed E-state index contributed by atoms with van der Waals surface area (Å²) < 4.78 is 8.87. The van der Waals surface area contributed by atoms with E-state index in [1.807, 2.05) is 12.1 Å². The van der Waals surface area contributed by atoms with Crippen molar-refractivity contribution in [3.8, 4) is 0 Å². The van der Waals surface area contributed by atoms with Gasteiger partial charge < -0.3 is 20.0 Å².